The first-order valence-corrected chi connectivity index (χ1v) is 2.71. The van der Waals surface area contributed by atoms with E-state index in [2.05, 4.69) is 22.3 Å². The Morgan fingerprint density at radius 1 is 1.82 bits per heavy atom. The summed E-state index contributed by atoms with van der Waals surface area (Å²) in [5.41, 5.74) is 0. The first-order valence-electron chi connectivity index (χ1n) is 2.71. The highest BCUT2D eigenvalue weighted by Crippen LogP contribution is 1.62. The zero-order valence-electron chi connectivity index (χ0n) is 6.19. The number of nitrogens with zero attached hydrogens (tertiary/aromatic N) is 1. The first kappa shape index (κ1) is 12.0. The van der Waals surface area contributed by atoms with Crippen LogP contribution in [0.5, 0.6) is 0 Å². The first-order chi connectivity index (χ1) is 5.33. The Labute approximate surface area is 65.3 Å². The van der Waals surface area contributed by atoms with E-state index in [9.17, 15) is 0 Å². The van der Waals surface area contributed by atoms with Crippen molar-refractivity contribution >= 4 is 6.47 Å². The molecule has 0 saturated carbocycles. The lowest BCUT2D eigenvalue weighted by Gasteiger charge is -1.46. The maximum absolute atomic E-state index is 8.36. The monoisotopic (exact) mass is 154 g/mol. The molecular formula is C7H10N2O2. The molecule has 60 valence electrons. The van der Waals surface area contributed by atoms with Gasteiger partial charge in [0.15, 0.2) is 0 Å². The lowest BCUT2D eigenvalue weighted by molar-refractivity contribution is -0.122. The molecule has 11 heavy (non-hydrogen) atoms. The molecule has 0 amide bonds. The summed E-state index contributed by atoms with van der Waals surface area (Å²) in [6.45, 7) is 1.40. The number of aromatic amines is 1. The second-order valence-electron chi connectivity index (χ2n) is 1.15. The lowest BCUT2D eigenvalue weighted by atomic mass is 10.9. The summed E-state index contributed by atoms with van der Waals surface area (Å²) in [5, 5.41) is 6.89. The van der Waals surface area contributed by atoms with E-state index in [4.69, 9.17) is 9.90 Å². The SMILES string of the molecule is C#CC.O=CO.c1c[nH]cn1. The predicted octanol–water partition coefficient (Wildman–Crippen LogP) is 0.750. The van der Waals surface area contributed by atoms with E-state index < -0.39 is 0 Å². The summed E-state index contributed by atoms with van der Waals surface area (Å²) in [4.78, 5) is 14.8. The van der Waals surface area contributed by atoms with Crippen LogP contribution in [0.15, 0.2) is 18.7 Å². The van der Waals surface area contributed by atoms with Crippen LogP contribution in [-0.4, -0.2) is 21.5 Å². The fraction of sp³-hybridized carbons (Fsp3) is 0.143. The summed E-state index contributed by atoms with van der Waals surface area (Å²) < 4.78 is 0. The normalized spacial score (nSPS) is 5.45. The number of H-pyrrole nitrogens is 1. The Balaban J connectivity index is 0. The van der Waals surface area contributed by atoms with Gasteiger partial charge in [0.2, 0.25) is 0 Å². The van der Waals surface area contributed by atoms with Gasteiger partial charge in [-0.1, -0.05) is 0 Å². The maximum atomic E-state index is 8.36. The highest BCUT2D eigenvalue weighted by molar-refractivity contribution is 5.32. The van der Waals surface area contributed by atoms with Gasteiger partial charge in [-0.2, -0.15) is 0 Å². The average molecular weight is 154 g/mol. The zero-order valence-corrected chi connectivity index (χ0v) is 6.19. The van der Waals surface area contributed by atoms with Gasteiger partial charge < -0.3 is 10.1 Å². The highest BCUT2D eigenvalue weighted by atomic mass is 16.3. The molecule has 0 aliphatic heterocycles. The Kier molecular flexibility index (Phi) is 17.1. The van der Waals surface area contributed by atoms with Crippen molar-refractivity contribution in [3.8, 4) is 12.3 Å². The molecule has 0 aromatic carbocycles. The highest BCUT2D eigenvalue weighted by Gasteiger charge is 1.56. The molecule has 1 heterocycles. The van der Waals surface area contributed by atoms with E-state index >= 15 is 0 Å². The van der Waals surface area contributed by atoms with Crippen molar-refractivity contribution < 1.29 is 9.90 Å². The third kappa shape index (κ3) is 30.6. The standard InChI is InChI=1S/C3H4N2.C3H4.CH2O2/c1-2-5-3-4-1;1-3-2;2-1-3/h1-3H,(H,4,5);1H,2H3;1H,(H,2,3). The van der Waals surface area contributed by atoms with Gasteiger partial charge in [-0.3, -0.25) is 4.79 Å². The molecule has 0 fully saturated rings. The van der Waals surface area contributed by atoms with Gasteiger partial charge in [0.05, 0.1) is 6.33 Å². The van der Waals surface area contributed by atoms with Crippen molar-refractivity contribution in [3.05, 3.63) is 18.7 Å². The topological polar surface area (TPSA) is 66.0 Å². The van der Waals surface area contributed by atoms with Crippen molar-refractivity contribution in [2.75, 3.05) is 0 Å². The Hall–Kier alpha value is -1.76. The van der Waals surface area contributed by atoms with E-state index in [1.165, 1.54) is 0 Å². The second-order valence-corrected chi connectivity index (χ2v) is 1.15. The van der Waals surface area contributed by atoms with E-state index in [0.29, 0.717) is 0 Å². The van der Waals surface area contributed by atoms with Crippen LogP contribution in [0.1, 0.15) is 6.92 Å². The van der Waals surface area contributed by atoms with Crippen LogP contribution in [0.2, 0.25) is 0 Å². The molecule has 0 spiro atoms. The van der Waals surface area contributed by atoms with Crippen molar-refractivity contribution in [1.82, 2.24) is 9.97 Å². The van der Waals surface area contributed by atoms with Crippen LogP contribution < -0.4 is 0 Å². The molecule has 2 N–H and O–H groups in total. The van der Waals surface area contributed by atoms with Gasteiger partial charge >= 0.3 is 0 Å². The minimum atomic E-state index is -0.250. The van der Waals surface area contributed by atoms with E-state index in [0.717, 1.165) is 0 Å². The molecule has 0 atom stereocenters. The van der Waals surface area contributed by atoms with E-state index in [1.54, 1.807) is 25.6 Å². The number of hydrogen-bond donors (Lipinski definition) is 2. The minimum absolute atomic E-state index is 0.250. The maximum Gasteiger partial charge on any atom is 0.290 e. The van der Waals surface area contributed by atoms with Crippen molar-refractivity contribution in [2.24, 2.45) is 0 Å². The van der Waals surface area contributed by atoms with Crippen LogP contribution in [0.4, 0.5) is 0 Å². The third-order valence-electron chi connectivity index (χ3n) is 0.406. The molecule has 0 saturated heterocycles. The molecule has 0 aliphatic rings. The molecular weight excluding hydrogens is 144 g/mol. The number of carboxylic acid groups (broad SMARTS) is 1. The largest absolute Gasteiger partial charge is 0.483 e. The molecule has 0 radical (unpaired) electrons. The van der Waals surface area contributed by atoms with Crippen molar-refractivity contribution in [3.63, 3.8) is 0 Å². The molecule has 1 aromatic heterocycles. The minimum Gasteiger partial charge on any atom is -0.483 e. The van der Waals surface area contributed by atoms with Gasteiger partial charge in [-0.15, -0.1) is 12.3 Å². The second kappa shape index (κ2) is 15.7. The van der Waals surface area contributed by atoms with Crippen molar-refractivity contribution in [2.45, 2.75) is 6.92 Å². The summed E-state index contributed by atoms with van der Waals surface area (Å²) in [5.74, 6) is 2.25. The third-order valence-corrected chi connectivity index (χ3v) is 0.406. The Bertz CT molecular complexity index is 160. The average Bonchev–Trinajstić information content (AvgIpc) is 2.44. The number of terminal acetylenes is 1. The van der Waals surface area contributed by atoms with Gasteiger partial charge in [0.1, 0.15) is 0 Å². The summed E-state index contributed by atoms with van der Waals surface area (Å²) in [6, 6.07) is 0. The van der Waals surface area contributed by atoms with E-state index in [-0.39, 0.29) is 6.47 Å². The molecule has 4 nitrogen and oxygen atoms in total. The summed E-state index contributed by atoms with van der Waals surface area (Å²) in [6.07, 6.45) is 9.68. The number of aromatic nitrogens is 2. The number of imidazole rings is 1. The molecule has 0 unspecified atom stereocenters. The molecule has 1 rings (SSSR count). The molecule has 4 heteroatoms. The smallest absolute Gasteiger partial charge is 0.290 e. The van der Waals surface area contributed by atoms with E-state index in [1.807, 2.05) is 0 Å². The van der Waals surface area contributed by atoms with Crippen LogP contribution in [0.25, 0.3) is 0 Å². The van der Waals surface area contributed by atoms with Gasteiger partial charge in [-0.25, -0.2) is 4.98 Å². The van der Waals surface area contributed by atoms with Crippen LogP contribution in [0.3, 0.4) is 0 Å². The molecule has 0 aliphatic carbocycles. The van der Waals surface area contributed by atoms with Crippen LogP contribution in [-0.2, 0) is 4.79 Å². The number of rotatable bonds is 0. The van der Waals surface area contributed by atoms with Gasteiger partial charge in [-0.05, 0) is 6.92 Å². The van der Waals surface area contributed by atoms with Crippen LogP contribution in [0, 0.1) is 12.3 Å². The Morgan fingerprint density at radius 3 is 2.36 bits per heavy atom. The van der Waals surface area contributed by atoms with Crippen molar-refractivity contribution in [1.29, 1.82) is 0 Å². The number of hydrogen-bond acceptors (Lipinski definition) is 2. The zero-order chi connectivity index (χ0) is 8.95. The number of carbonyl (C=O) groups is 1. The fourth-order valence-corrected chi connectivity index (χ4v) is 0.215. The molecule has 1 aromatic rings. The van der Waals surface area contributed by atoms with Gasteiger partial charge in [0, 0.05) is 12.4 Å². The number of nitrogens with one attached hydrogen (secondary N) is 1. The predicted molar refractivity (Wildman–Crippen MR) is 41.8 cm³/mol. The lowest BCUT2D eigenvalue weighted by Crippen LogP contribution is -1.49. The summed E-state index contributed by atoms with van der Waals surface area (Å²) in [7, 11) is 0. The molecule has 0 bridgehead atoms. The fourth-order valence-electron chi connectivity index (χ4n) is 0.215. The van der Waals surface area contributed by atoms with Gasteiger partial charge in [0.25, 0.3) is 6.47 Å². The quantitative estimate of drug-likeness (QED) is 0.428. The van der Waals surface area contributed by atoms with Crippen LogP contribution >= 0.6 is 0 Å². The summed E-state index contributed by atoms with van der Waals surface area (Å²) >= 11 is 0. The Morgan fingerprint density at radius 2 is 2.27 bits per heavy atom.